The van der Waals surface area contributed by atoms with Gasteiger partial charge >= 0.3 is 0 Å². The van der Waals surface area contributed by atoms with Crippen molar-refractivity contribution in [3.05, 3.63) is 35.4 Å². The van der Waals surface area contributed by atoms with Gasteiger partial charge in [-0.3, -0.25) is 9.59 Å². The molecule has 0 spiro atoms. The number of nitrogens with zero attached hydrogens (tertiary/aromatic N) is 1. The number of piperidine rings is 2. The van der Waals surface area contributed by atoms with Gasteiger partial charge in [-0.25, -0.2) is 0 Å². The van der Waals surface area contributed by atoms with Crippen molar-refractivity contribution in [2.45, 2.75) is 51.5 Å². The second-order valence-corrected chi connectivity index (χ2v) is 7.73. The number of rotatable bonds is 5. The van der Waals surface area contributed by atoms with Crippen molar-refractivity contribution < 1.29 is 9.59 Å². The molecule has 0 radical (unpaired) electrons. The van der Waals surface area contributed by atoms with E-state index >= 15 is 0 Å². The summed E-state index contributed by atoms with van der Waals surface area (Å²) in [6.07, 6.45) is 5.69. The summed E-state index contributed by atoms with van der Waals surface area (Å²) in [6, 6.07) is 7.95. The first kappa shape index (κ1) is 21.7. The molecule has 2 aliphatic heterocycles. The second kappa shape index (κ2) is 10.7. The summed E-state index contributed by atoms with van der Waals surface area (Å²) in [6.45, 7) is 5.62. The number of carbonyl (C=O) groups excluding carboxylic acids is 2. The number of benzene rings is 1. The number of nitrogens with one attached hydrogen (secondary N) is 2. The van der Waals surface area contributed by atoms with E-state index in [1.54, 1.807) is 0 Å². The lowest BCUT2D eigenvalue weighted by Gasteiger charge is -2.32. The smallest absolute Gasteiger partial charge is 0.253 e. The zero-order valence-corrected chi connectivity index (χ0v) is 17.0. The number of hydrogen-bond donors (Lipinski definition) is 2. The molecule has 2 heterocycles. The van der Waals surface area contributed by atoms with Crippen LogP contribution < -0.4 is 10.6 Å². The lowest BCUT2D eigenvalue weighted by Crippen LogP contribution is -2.46. The van der Waals surface area contributed by atoms with Gasteiger partial charge in [0.2, 0.25) is 5.91 Å². The molecule has 2 saturated heterocycles. The third-order valence-electron chi connectivity index (χ3n) is 5.68. The van der Waals surface area contributed by atoms with Gasteiger partial charge in [-0.15, -0.1) is 12.4 Å². The van der Waals surface area contributed by atoms with Gasteiger partial charge in [0.25, 0.3) is 5.91 Å². The van der Waals surface area contributed by atoms with E-state index in [2.05, 4.69) is 10.6 Å². The first-order chi connectivity index (χ1) is 12.6. The fraction of sp³-hybridized carbons (Fsp3) is 0.619. The van der Waals surface area contributed by atoms with Crippen LogP contribution in [0.2, 0.25) is 0 Å². The SMILES string of the molecule is Cc1ccc(C(=O)N2CCC(NC(=O)CCC3CCNCC3)CC2)cc1.Cl. The highest BCUT2D eigenvalue weighted by Crippen LogP contribution is 2.18. The third kappa shape index (κ3) is 6.51. The number of carbonyl (C=O) groups is 2. The maximum Gasteiger partial charge on any atom is 0.253 e. The van der Waals surface area contributed by atoms with Crippen LogP contribution in [-0.4, -0.2) is 48.9 Å². The van der Waals surface area contributed by atoms with Gasteiger partial charge in [0.05, 0.1) is 0 Å². The summed E-state index contributed by atoms with van der Waals surface area (Å²) >= 11 is 0. The van der Waals surface area contributed by atoms with E-state index in [1.165, 1.54) is 12.8 Å². The molecule has 2 aliphatic rings. The van der Waals surface area contributed by atoms with Crippen molar-refractivity contribution in [1.29, 1.82) is 0 Å². The third-order valence-corrected chi connectivity index (χ3v) is 5.68. The van der Waals surface area contributed by atoms with Crippen LogP contribution in [0, 0.1) is 12.8 Å². The number of likely N-dealkylation sites (tertiary alicyclic amines) is 1. The van der Waals surface area contributed by atoms with Crippen LogP contribution >= 0.6 is 12.4 Å². The Bertz CT molecular complexity index is 606. The molecule has 3 rings (SSSR count). The van der Waals surface area contributed by atoms with Crippen LogP contribution in [-0.2, 0) is 4.79 Å². The average Bonchev–Trinajstić information content (AvgIpc) is 2.68. The minimum atomic E-state index is 0. The summed E-state index contributed by atoms with van der Waals surface area (Å²) < 4.78 is 0. The summed E-state index contributed by atoms with van der Waals surface area (Å²) in [4.78, 5) is 26.7. The summed E-state index contributed by atoms with van der Waals surface area (Å²) in [5, 5.41) is 6.54. The van der Waals surface area contributed by atoms with Crippen molar-refractivity contribution in [3.8, 4) is 0 Å². The minimum absolute atomic E-state index is 0. The Morgan fingerprint density at radius 3 is 2.33 bits per heavy atom. The lowest BCUT2D eigenvalue weighted by molar-refractivity contribution is -0.122. The minimum Gasteiger partial charge on any atom is -0.353 e. The van der Waals surface area contributed by atoms with Crippen LogP contribution in [0.15, 0.2) is 24.3 Å². The van der Waals surface area contributed by atoms with Gasteiger partial charge in [-0.05, 0) is 70.2 Å². The fourth-order valence-electron chi connectivity index (χ4n) is 3.91. The Balaban J connectivity index is 0.00000261. The van der Waals surface area contributed by atoms with Crippen molar-refractivity contribution in [2.75, 3.05) is 26.2 Å². The molecule has 2 amide bonds. The molecule has 0 bridgehead atoms. The topological polar surface area (TPSA) is 61.4 Å². The molecule has 0 aromatic heterocycles. The summed E-state index contributed by atoms with van der Waals surface area (Å²) in [5.41, 5.74) is 1.91. The molecule has 2 fully saturated rings. The van der Waals surface area contributed by atoms with E-state index in [4.69, 9.17) is 0 Å². The normalized spacial score (nSPS) is 18.6. The Morgan fingerprint density at radius 2 is 1.70 bits per heavy atom. The van der Waals surface area contributed by atoms with Gasteiger partial charge < -0.3 is 15.5 Å². The van der Waals surface area contributed by atoms with Crippen LogP contribution in [0.3, 0.4) is 0 Å². The van der Waals surface area contributed by atoms with E-state index in [0.29, 0.717) is 25.4 Å². The largest absolute Gasteiger partial charge is 0.353 e. The molecule has 1 aromatic rings. The number of aryl methyl sites for hydroxylation is 1. The quantitative estimate of drug-likeness (QED) is 0.808. The van der Waals surface area contributed by atoms with Gasteiger partial charge in [0, 0.05) is 31.1 Å². The Kier molecular flexibility index (Phi) is 8.58. The zero-order chi connectivity index (χ0) is 18.4. The number of amides is 2. The Hall–Kier alpha value is -1.59. The van der Waals surface area contributed by atoms with Gasteiger partial charge in [-0.2, -0.15) is 0 Å². The number of hydrogen-bond acceptors (Lipinski definition) is 3. The molecule has 0 saturated carbocycles. The highest BCUT2D eigenvalue weighted by molar-refractivity contribution is 5.94. The highest BCUT2D eigenvalue weighted by Gasteiger charge is 2.24. The molecule has 0 unspecified atom stereocenters. The first-order valence-electron chi connectivity index (χ1n) is 9.98. The molecule has 150 valence electrons. The molecule has 2 N–H and O–H groups in total. The second-order valence-electron chi connectivity index (χ2n) is 7.73. The van der Waals surface area contributed by atoms with Crippen LogP contribution in [0.4, 0.5) is 0 Å². The molecule has 6 heteroatoms. The molecular weight excluding hydrogens is 362 g/mol. The molecule has 27 heavy (non-hydrogen) atoms. The fourth-order valence-corrected chi connectivity index (χ4v) is 3.91. The maximum absolute atomic E-state index is 12.6. The summed E-state index contributed by atoms with van der Waals surface area (Å²) in [7, 11) is 0. The van der Waals surface area contributed by atoms with Gasteiger partial charge in [0.15, 0.2) is 0 Å². The number of halogens is 1. The summed E-state index contributed by atoms with van der Waals surface area (Å²) in [5.74, 6) is 0.962. The van der Waals surface area contributed by atoms with E-state index in [9.17, 15) is 9.59 Å². The van der Waals surface area contributed by atoms with Crippen LogP contribution in [0.5, 0.6) is 0 Å². The zero-order valence-electron chi connectivity index (χ0n) is 16.2. The van der Waals surface area contributed by atoms with E-state index in [1.807, 2.05) is 36.1 Å². The predicted octanol–water partition coefficient (Wildman–Crippen LogP) is 2.92. The molecule has 5 nitrogen and oxygen atoms in total. The van der Waals surface area contributed by atoms with Crippen LogP contribution in [0.1, 0.15) is 54.4 Å². The first-order valence-corrected chi connectivity index (χ1v) is 9.98. The Morgan fingerprint density at radius 1 is 1.07 bits per heavy atom. The molecule has 0 atom stereocenters. The van der Waals surface area contributed by atoms with Crippen molar-refractivity contribution in [2.24, 2.45) is 5.92 Å². The monoisotopic (exact) mass is 393 g/mol. The van der Waals surface area contributed by atoms with Gasteiger partial charge in [-0.1, -0.05) is 17.7 Å². The maximum atomic E-state index is 12.6. The average molecular weight is 394 g/mol. The molecular formula is C21H32ClN3O2. The lowest BCUT2D eigenvalue weighted by atomic mass is 9.93. The molecule has 1 aromatic carbocycles. The Labute approximate surface area is 168 Å². The highest BCUT2D eigenvalue weighted by atomic mass is 35.5. The van der Waals surface area contributed by atoms with Gasteiger partial charge in [0.1, 0.15) is 0 Å². The van der Waals surface area contributed by atoms with Crippen molar-refractivity contribution in [1.82, 2.24) is 15.5 Å². The molecule has 0 aliphatic carbocycles. The van der Waals surface area contributed by atoms with Crippen LogP contribution in [0.25, 0.3) is 0 Å². The van der Waals surface area contributed by atoms with E-state index in [-0.39, 0.29) is 30.3 Å². The van der Waals surface area contributed by atoms with E-state index in [0.717, 1.165) is 43.5 Å². The predicted molar refractivity (Wildman–Crippen MR) is 110 cm³/mol. The standard InChI is InChI=1S/C21H31N3O2.ClH/c1-16-2-5-18(6-3-16)21(26)24-14-10-19(11-15-24)23-20(25)7-4-17-8-12-22-13-9-17;/h2-3,5-6,17,19,22H,4,7-15H2,1H3,(H,23,25);1H. The van der Waals surface area contributed by atoms with Crippen molar-refractivity contribution >= 4 is 24.2 Å². The van der Waals surface area contributed by atoms with Crippen molar-refractivity contribution in [3.63, 3.8) is 0 Å². The van der Waals surface area contributed by atoms with E-state index < -0.39 is 0 Å².